The second-order valence-corrected chi connectivity index (χ2v) is 6.87. The van der Waals surface area contributed by atoms with E-state index in [1.807, 2.05) is 4.72 Å². The summed E-state index contributed by atoms with van der Waals surface area (Å²) in [6, 6.07) is 3.27. The fourth-order valence-corrected chi connectivity index (χ4v) is 3.38. The molecular weight excluding hydrogens is 332 g/mol. The van der Waals surface area contributed by atoms with E-state index in [9.17, 15) is 26.0 Å². The molecule has 0 atom stereocenters. The van der Waals surface area contributed by atoms with Gasteiger partial charge < -0.3 is 5.32 Å². The van der Waals surface area contributed by atoms with Gasteiger partial charge in [-0.2, -0.15) is 13.2 Å². The summed E-state index contributed by atoms with van der Waals surface area (Å²) in [5.74, 6) is -1.20. The third-order valence-electron chi connectivity index (χ3n) is 2.35. The maximum atomic E-state index is 13.2. The average molecular weight is 346 g/mol. The van der Waals surface area contributed by atoms with E-state index >= 15 is 0 Å². The molecule has 0 aliphatic heterocycles. The first-order chi connectivity index (χ1) is 9.65. The Balaban J connectivity index is 2.80. The lowest BCUT2D eigenvalue weighted by Gasteiger charge is -2.12. The van der Waals surface area contributed by atoms with Crippen molar-refractivity contribution in [2.24, 2.45) is 0 Å². The summed E-state index contributed by atoms with van der Waals surface area (Å²) >= 11 is -0.326. The second kappa shape index (κ2) is 7.43. The highest BCUT2D eigenvalue weighted by Crippen LogP contribution is 2.29. The molecule has 1 aromatic rings. The van der Waals surface area contributed by atoms with Crippen LogP contribution in [-0.2, 0) is 16.6 Å². The summed E-state index contributed by atoms with van der Waals surface area (Å²) in [4.78, 5) is -0.283. The number of thioether (sulfide) groups is 1. The van der Waals surface area contributed by atoms with Gasteiger partial charge in [-0.3, -0.25) is 0 Å². The number of halogens is 4. The second-order valence-electron chi connectivity index (χ2n) is 3.97. The normalized spacial score (nSPS) is 12.6. The average Bonchev–Trinajstić information content (AvgIpc) is 2.36. The van der Waals surface area contributed by atoms with Crippen LogP contribution in [0.3, 0.4) is 0 Å². The van der Waals surface area contributed by atoms with Crippen molar-refractivity contribution in [3.8, 4) is 0 Å². The molecule has 1 aromatic carbocycles. The van der Waals surface area contributed by atoms with Crippen LogP contribution in [0.4, 0.5) is 17.6 Å². The third-order valence-corrected chi connectivity index (χ3v) is 4.62. The van der Waals surface area contributed by atoms with Crippen molar-refractivity contribution in [2.45, 2.75) is 16.9 Å². The summed E-state index contributed by atoms with van der Waals surface area (Å²) < 4.78 is 75.1. The highest BCUT2D eigenvalue weighted by Gasteiger charge is 2.28. The fourth-order valence-electron chi connectivity index (χ4n) is 1.54. The standard InChI is InChI=1S/C11H14F4N2O2S2/c1-16-7-8-2-3-9(12)6-10(8)21(18,19)17-4-5-20-11(13,14)15/h2-3,6,16-17H,4-5,7H2,1H3. The zero-order valence-electron chi connectivity index (χ0n) is 11.0. The number of alkyl halides is 3. The van der Waals surface area contributed by atoms with Gasteiger partial charge in [0.1, 0.15) is 5.82 Å². The quantitative estimate of drug-likeness (QED) is 0.586. The molecule has 0 aliphatic rings. The first kappa shape index (κ1) is 18.2. The first-order valence-electron chi connectivity index (χ1n) is 5.79. The van der Waals surface area contributed by atoms with Crippen molar-refractivity contribution >= 4 is 21.8 Å². The summed E-state index contributed by atoms with van der Waals surface area (Å²) in [6.45, 7) is -0.212. The van der Waals surface area contributed by atoms with Crippen LogP contribution in [0, 0.1) is 5.82 Å². The number of rotatable bonds is 7. The van der Waals surface area contributed by atoms with Gasteiger partial charge in [0.25, 0.3) is 0 Å². The molecule has 0 saturated heterocycles. The monoisotopic (exact) mass is 346 g/mol. The van der Waals surface area contributed by atoms with Gasteiger partial charge in [-0.15, -0.1) is 0 Å². The summed E-state index contributed by atoms with van der Waals surface area (Å²) in [7, 11) is -2.47. The molecular formula is C11H14F4N2O2S2. The molecule has 0 saturated carbocycles. The van der Waals surface area contributed by atoms with Gasteiger partial charge in [0.2, 0.25) is 10.0 Å². The lowest BCUT2D eigenvalue weighted by molar-refractivity contribution is -0.0327. The summed E-state index contributed by atoms with van der Waals surface area (Å²) in [5, 5.41) is 2.74. The molecule has 4 nitrogen and oxygen atoms in total. The minimum atomic E-state index is -4.42. The van der Waals surface area contributed by atoms with Gasteiger partial charge >= 0.3 is 5.51 Å². The van der Waals surface area contributed by atoms with Gasteiger partial charge in [0, 0.05) is 18.8 Å². The molecule has 120 valence electrons. The molecule has 0 amide bonds. The number of hydrogen-bond acceptors (Lipinski definition) is 4. The van der Waals surface area contributed by atoms with E-state index in [1.54, 1.807) is 7.05 Å². The van der Waals surface area contributed by atoms with Crippen LogP contribution >= 0.6 is 11.8 Å². The van der Waals surface area contributed by atoms with Gasteiger partial charge in [-0.25, -0.2) is 17.5 Å². The van der Waals surface area contributed by atoms with E-state index in [1.165, 1.54) is 6.07 Å². The minimum Gasteiger partial charge on any atom is -0.316 e. The number of nitrogens with one attached hydrogen (secondary N) is 2. The Hall–Kier alpha value is -0.840. The number of benzene rings is 1. The van der Waals surface area contributed by atoms with Crippen molar-refractivity contribution < 1.29 is 26.0 Å². The van der Waals surface area contributed by atoms with Crippen molar-refractivity contribution in [3.63, 3.8) is 0 Å². The molecule has 1 rings (SSSR count). The smallest absolute Gasteiger partial charge is 0.316 e. The van der Waals surface area contributed by atoms with E-state index in [4.69, 9.17) is 0 Å². The maximum absolute atomic E-state index is 13.2. The Bertz CT molecular complexity index is 576. The van der Waals surface area contributed by atoms with E-state index in [0.717, 1.165) is 12.1 Å². The fraction of sp³-hybridized carbons (Fsp3) is 0.455. The van der Waals surface area contributed by atoms with E-state index in [2.05, 4.69) is 5.32 Å². The molecule has 0 unspecified atom stereocenters. The van der Waals surface area contributed by atoms with Crippen LogP contribution in [0.25, 0.3) is 0 Å². The molecule has 0 spiro atoms. The van der Waals surface area contributed by atoms with Crippen LogP contribution in [0.15, 0.2) is 23.1 Å². The Morgan fingerprint density at radius 2 is 1.95 bits per heavy atom. The number of hydrogen-bond donors (Lipinski definition) is 2. The highest BCUT2D eigenvalue weighted by atomic mass is 32.2. The Kier molecular flexibility index (Phi) is 6.44. The van der Waals surface area contributed by atoms with Crippen LogP contribution in [0.2, 0.25) is 0 Å². The molecule has 0 bridgehead atoms. The molecule has 2 N–H and O–H groups in total. The molecule has 0 radical (unpaired) electrons. The first-order valence-corrected chi connectivity index (χ1v) is 8.26. The van der Waals surface area contributed by atoms with Crippen molar-refractivity contribution in [3.05, 3.63) is 29.6 Å². The van der Waals surface area contributed by atoms with Crippen LogP contribution < -0.4 is 10.0 Å². The molecule has 0 aromatic heterocycles. The largest absolute Gasteiger partial charge is 0.441 e. The molecule has 0 aliphatic carbocycles. The van der Waals surface area contributed by atoms with Crippen LogP contribution in [0.1, 0.15) is 5.56 Å². The van der Waals surface area contributed by atoms with Gasteiger partial charge in [0.05, 0.1) is 4.90 Å². The zero-order chi connectivity index (χ0) is 16.1. The maximum Gasteiger partial charge on any atom is 0.441 e. The van der Waals surface area contributed by atoms with Gasteiger partial charge in [-0.1, -0.05) is 6.07 Å². The van der Waals surface area contributed by atoms with Crippen molar-refractivity contribution in [1.82, 2.24) is 10.0 Å². The van der Waals surface area contributed by atoms with Crippen LogP contribution in [-0.4, -0.2) is 33.3 Å². The zero-order valence-corrected chi connectivity index (χ0v) is 12.6. The lowest BCUT2D eigenvalue weighted by Crippen LogP contribution is -2.28. The van der Waals surface area contributed by atoms with Crippen molar-refractivity contribution in [2.75, 3.05) is 19.3 Å². The number of sulfonamides is 1. The van der Waals surface area contributed by atoms with E-state index in [-0.39, 0.29) is 23.2 Å². The lowest BCUT2D eigenvalue weighted by atomic mass is 10.2. The summed E-state index contributed by atoms with van der Waals surface area (Å²) in [6.07, 6.45) is 0. The Morgan fingerprint density at radius 1 is 1.29 bits per heavy atom. The SMILES string of the molecule is CNCc1ccc(F)cc1S(=O)(=O)NCCSC(F)(F)F. The van der Waals surface area contributed by atoms with E-state index < -0.39 is 33.6 Å². The minimum absolute atomic E-state index is 0.188. The summed E-state index contributed by atoms with van der Waals surface area (Å²) in [5.41, 5.74) is -4.09. The molecule has 10 heteroatoms. The topological polar surface area (TPSA) is 58.2 Å². The van der Waals surface area contributed by atoms with Gasteiger partial charge in [-0.05, 0) is 36.5 Å². The molecule has 21 heavy (non-hydrogen) atoms. The van der Waals surface area contributed by atoms with Crippen LogP contribution in [0.5, 0.6) is 0 Å². The van der Waals surface area contributed by atoms with E-state index in [0.29, 0.717) is 5.56 Å². The molecule has 0 fully saturated rings. The predicted molar refractivity (Wildman–Crippen MR) is 72.9 cm³/mol. The Morgan fingerprint density at radius 3 is 2.52 bits per heavy atom. The molecule has 0 heterocycles. The van der Waals surface area contributed by atoms with Gasteiger partial charge in [0.15, 0.2) is 0 Å². The Labute approximate surface area is 124 Å². The van der Waals surface area contributed by atoms with Crippen molar-refractivity contribution in [1.29, 1.82) is 0 Å². The highest BCUT2D eigenvalue weighted by molar-refractivity contribution is 8.00. The third kappa shape index (κ3) is 6.20. The predicted octanol–water partition coefficient (Wildman–Crippen LogP) is 2.08.